The van der Waals surface area contributed by atoms with Crippen LogP contribution < -0.4 is 15.1 Å². The number of amides is 1. The van der Waals surface area contributed by atoms with Gasteiger partial charge >= 0.3 is 5.97 Å². The Morgan fingerprint density at radius 3 is 2.12 bits per heavy atom. The highest BCUT2D eigenvalue weighted by atomic mass is 19.1. The number of ketones is 1. The lowest BCUT2D eigenvalue weighted by atomic mass is 10.1. The fourth-order valence-corrected chi connectivity index (χ4v) is 4.02. The predicted octanol–water partition coefficient (Wildman–Crippen LogP) is 4.31. The monoisotopic (exact) mass is 461 g/mol. The standard InChI is InChI=1S/C26H24FN3O4/c1-17(31)18-6-9-20(10-7-18)29-12-14-30(15-13-29)24-11-8-19(16-22(24)26(33)34)28-25(32)21-4-2-3-5-23(21)27/h2-11,16H,12-15H2,1H3,(H,28,32)(H,33,34). The summed E-state index contributed by atoms with van der Waals surface area (Å²) in [4.78, 5) is 40.0. The van der Waals surface area contributed by atoms with Gasteiger partial charge < -0.3 is 20.2 Å². The van der Waals surface area contributed by atoms with Crippen LogP contribution in [0.4, 0.5) is 21.5 Å². The number of carboxylic acids is 1. The number of piperazine rings is 1. The first-order valence-electron chi connectivity index (χ1n) is 10.9. The topological polar surface area (TPSA) is 90.0 Å². The zero-order valence-electron chi connectivity index (χ0n) is 18.6. The van der Waals surface area contributed by atoms with Crippen molar-refractivity contribution < 1.29 is 23.9 Å². The summed E-state index contributed by atoms with van der Waals surface area (Å²) in [6.45, 7) is 4.12. The van der Waals surface area contributed by atoms with Gasteiger partial charge in [-0.15, -0.1) is 0 Å². The van der Waals surface area contributed by atoms with Crippen LogP contribution in [0.15, 0.2) is 66.7 Å². The summed E-state index contributed by atoms with van der Waals surface area (Å²) in [5, 5.41) is 12.4. The number of nitrogens with zero attached hydrogens (tertiary/aromatic N) is 2. The van der Waals surface area contributed by atoms with E-state index < -0.39 is 17.7 Å². The SMILES string of the molecule is CC(=O)c1ccc(N2CCN(c3ccc(NC(=O)c4ccccc4F)cc3C(=O)O)CC2)cc1. The predicted molar refractivity (Wildman–Crippen MR) is 129 cm³/mol. The summed E-state index contributed by atoms with van der Waals surface area (Å²) in [5.74, 6) is -2.39. The van der Waals surface area contributed by atoms with Crippen LogP contribution in [-0.2, 0) is 0 Å². The first kappa shape index (κ1) is 23.0. The van der Waals surface area contributed by atoms with Crippen LogP contribution in [-0.4, -0.2) is 48.9 Å². The van der Waals surface area contributed by atoms with Gasteiger partial charge in [0.15, 0.2) is 5.78 Å². The molecule has 1 heterocycles. The van der Waals surface area contributed by atoms with Crippen molar-refractivity contribution in [1.29, 1.82) is 0 Å². The van der Waals surface area contributed by atoms with Crippen molar-refractivity contribution in [1.82, 2.24) is 0 Å². The average Bonchev–Trinajstić information content (AvgIpc) is 2.84. The minimum atomic E-state index is -1.11. The number of carboxylic acid groups (broad SMARTS) is 1. The Kier molecular flexibility index (Phi) is 6.58. The Hall–Kier alpha value is -4.20. The zero-order valence-corrected chi connectivity index (χ0v) is 18.6. The largest absolute Gasteiger partial charge is 0.478 e. The summed E-state index contributed by atoms with van der Waals surface area (Å²) in [6, 6.07) is 17.7. The van der Waals surface area contributed by atoms with E-state index in [-0.39, 0.29) is 22.6 Å². The Morgan fingerprint density at radius 2 is 1.50 bits per heavy atom. The number of Topliss-reactive ketones (excluding diaryl/α,β-unsaturated/α-hetero) is 1. The van der Waals surface area contributed by atoms with Crippen molar-refractivity contribution in [3.05, 3.63) is 89.2 Å². The lowest BCUT2D eigenvalue weighted by Gasteiger charge is -2.38. The van der Waals surface area contributed by atoms with E-state index in [0.29, 0.717) is 37.4 Å². The fraction of sp³-hybridized carbons (Fsp3) is 0.192. The van der Waals surface area contributed by atoms with E-state index in [0.717, 1.165) is 5.69 Å². The molecule has 0 aromatic heterocycles. The third-order valence-electron chi connectivity index (χ3n) is 5.86. The van der Waals surface area contributed by atoms with E-state index in [1.165, 1.54) is 31.2 Å². The minimum absolute atomic E-state index is 0.0195. The number of hydrogen-bond acceptors (Lipinski definition) is 5. The summed E-state index contributed by atoms with van der Waals surface area (Å²) in [6.07, 6.45) is 0. The van der Waals surface area contributed by atoms with Crippen LogP contribution in [0.5, 0.6) is 0 Å². The first-order chi connectivity index (χ1) is 16.3. The number of benzene rings is 3. The van der Waals surface area contributed by atoms with Crippen molar-refractivity contribution in [2.24, 2.45) is 0 Å². The third kappa shape index (κ3) is 4.91. The van der Waals surface area contributed by atoms with Crippen LogP contribution in [0.3, 0.4) is 0 Å². The minimum Gasteiger partial charge on any atom is -0.478 e. The lowest BCUT2D eigenvalue weighted by Crippen LogP contribution is -2.47. The number of carbonyl (C=O) groups excluding carboxylic acids is 2. The van der Waals surface area contributed by atoms with Gasteiger partial charge in [-0.3, -0.25) is 9.59 Å². The fourth-order valence-electron chi connectivity index (χ4n) is 4.02. The normalized spacial score (nSPS) is 13.5. The van der Waals surface area contributed by atoms with Crippen LogP contribution in [0.1, 0.15) is 38.0 Å². The second-order valence-electron chi connectivity index (χ2n) is 8.05. The summed E-state index contributed by atoms with van der Waals surface area (Å²) >= 11 is 0. The molecule has 1 saturated heterocycles. The maximum atomic E-state index is 13.9. The number of halogens is 1. The number of rotatable bonds is 6. The molecule has 0 spiro atoms. The van der Waals surface area contributed by atoms with Crippen LogP contribution >= 0.6 is 0 Å². The molecule has 1 fully saturated rings. The van der Waals surface area contributed by atoms with Gasteiger partial charge in [0.2, 0.25) is 0 Å². The van der Waals surface area contributed by atoms with Gasteiger partial charge in [-0.25, -0.2) is 9.18 Å². The summed E-state index contributed by atoms with van der Waals surface area (Å²) in [7, 11) is 0. The molecule has 1 aliphatic rings. The maximum absolute atomic E-state index is 13.9. The Balaban J connectivity index is 1.47. The van der Waals surface area contributed by atoms with Gasteiger partial charge in [0.1, 0.15) is 5.82 Å². The van der Waals surface area contributed by atoms with Gasteiger partial charge in [0.05, 0.1) is 16.8 Å². The molecule has 3 aromatic carbocycles. The third-order valence-corrected chi connectivity index (χ3v) is 5.86. The molecule has 1 amide bonds. The highest BCUT2D eigenvalue weighted by Crippen LogP contribution is 2.27. The van der Waals surface area contributed by atoms with Crippen LogP contribution in [0.2, 0.25) is 0 Å². The number of anilines is 3. The Labute approximate surface area is 196 Å². The van der Waals surface area contributed by atoms with Crippen molar-refractivity contribution >= 4 is 34.7 Å². The molecule has 0 saturated carbocycles. The molecule has 174 valence electrons. The molecule has 0 bridgehead atoms. The van der Waals surface area contributed by atoms with Crippen molar-refractivity contribution in [3.8, 4) is 0 Å². The molecule has 0 atom stereocenters. The molecule has 2 N–H and O–H groups in total. The van der Waals surface area contributed by atoms with Crippen molar-refractivity contribution in [2.75, 3.05) is 41.3 Å². The van der Waals surface area contributed by atoms with Gasteiger partial charge in [0, 0.05) is 43.1 Å². The Bertz CT molecular complexity index is 1240. The van der Waals surface area contributed by atoms with E-state index in [1.54, 1.807) is 30.3 Å². The first-order valence-corrected chi connectivity index (χ1v) is 10.9. The molecule has 34 heavy (non-hydrogen) atoms. The molecular formula is C26H24FN3O4. The summed E-state index contributed by atoms with van der Waals surface area (Å²) in [5.41, 5.74) is 2.45. The lowest BCUT2D eigenvalue weighted by molar-refractivity contribution is 0.0697. The van der Waals surface area contributed by atoms with Crippen molar-refractivity contribution in [2.45, 2.75) is 6.92 Å². The van der Waals surface area contributed by atoms with E-state index in [9.17, 15) is 23.9 Å². The van der Waals surface area contributed by atoms with Crippen LogP contribution in [0.25, 0.3) is 0 Å². The quantitative estimate of drug-likeness (QED) is 0.532. The molecule has 1 aliphatic heterocycles. The number of aromatic carboxylic acids is 1. The number of hydrogen-bond donors (Lipinski definition) is 2. The van der Waals surface area contributed by atoms with Gasteiger partial charge in [0.25, 0.3) is 5.91 Å². The molecular weight excluding hydrogens is 437 g/mol. The molecule has 3 aromatic rings. The molecule has 8 heteroatoms. The van der Waals surface area contributed by atoms with E-state index in [2.05, 4.69) is 10.2 Å². The molecule has 4 rings (SSSR count). The average molecular weight is 461 g/mol. The maximum Gasteiger partial charge on any atom is 0.337 e. The number of nitrogens with one attached hydrogen (secondary N) is 1. The molecule has 0 radical (unpaired) electrons. The van der Waals surface area contributed by atoms with E-state index in [1.807, 2.05) is 17.0 Å². The van der Waals surface area contributed by atoms with Gasteiger partial charge in [-0.1, -0.05) is 12.1 Å². The highest BCUT2D eigenvalue weighted by molar-refractivity contribution is 6.05. The van der Waals surface area contributed by atoms with Gasteiger partial charge in [-0.05, 0) is 61.5 Å². The van der Waals surface area contributed by atoms with Crippen molar-refractivity contribution in [3.63, 3.8) is 0 Å². The van der Waals surface area contributed by atoms with Crippen LogP contribution in [0, 0.1) is 5.82 Å². The van der Waals surface area contributed by atoms with E-state index >= 15 is 0 Å². The van der Waals surface area contributed by atoms with E-state index in [4.69, 9.17) is 0 Å². The summed E-state index contributed by atoms with van der Waals surface area (Å²) < 4.78 is 13.9. The zero-order chi connectivity index (χ0) is 24.2. The molecule has 0 aliphatic carbocycles. The number of carbonyl (C=O) groups is 3. The molecule has 0 unspecified atom stereocenters. The highest BCUT2D eigenvalue weighted by Gasteiger charge is 2.23. The second kappa shape index (κ2) is 9.74. The van der Waals surface area contributed by atoms with Gasteiger partial charge in [-0.2, -0.15) is 0 Å². The molecule has 7 nitrogen and oxygen atoms in total. The second-order valence-corrected chi connectivity index (χ2v) is 8.05. The Morgan fingerprint density at radius 1 is 0.853 bits per heavy atom. The smallest absolute Gasteiger partial charge is 0.337 e.